The number of fused-ring (bicyclic) bond motifs is 2. The number of carbonyl (C=O) groups excluding carboxylic acids is 1. The summed E-state index contributed by atoms with van der Waals surface area (Å²) >= 11 is 9.32. The first-order valence-electron chi connectivity index (χ1n) is 11.8. The van der Waals surface area contributed by atoms with Crippen LogP contribution in [-0.4, -0.2) is 45.6 Å². The van der Waals surface area contributed by atoms with Gasteiger partial charge in [-0.2, -0.15) is 13.2 Å². The van der Waals surface area contributed by atoms with Gasteiger partial charge in [-0.25, -0.2) is 9.97 Å². The molecule has 8 nitrogen and oxygen atoms in total. The molecule has 1 aliphatic carbocycles. The number of pyridine rings is 1. The molecule has 5 rings (SSSR count). The molecule has 196 valence electrons. The first-order valence-corrected chi connectivity index (χ1v) is 13.0. The number of alkyl halides is 3. The van der Waals surface area contributed by atoms with Crippen LogP contribution >= 0.6 is 27.5 Å². The first-order chi connectivity index (χ1) is 17.6. The second-order valence-corrected chi connectivity index (χ2v) is 10.3. The van der Waals surface area contributed by atoms with Gasteiger partial charge in [0.1, 0.15) is 16.8 Å². The molecule has 2 atom stereocenters. The molecule has 1 aromatic carbocycles. The lowest BCUT2D eigenvalue weighted by molar-refractivity contribution is -0.137. The van der Waals surface area contributed by atoms with Gasteiger partial charge in [0.2, 0.25) is 11.3 Å². The molecule has 2 aromatic heterocycles. The van der Waals surface area contributed by atoms with Crippen LogP contribution in [0.1, 0.15) is 31.0 Å². The van der Waals surface area contributed by atoms with Crippen LogP contribution < -0.4 is 21.0 Å². The highest BCUT2D eigenvalue weighted by atomic mass is 79.9. The molecule has 1 saturated carbocycles. The summed E-state index contributed by atoms with van der Waals surface area (Å²) in [5.74, 6) is -0.529. The highest BCUT2D eigenvalue weighted by molar-refractivity contribution is 9.10. The Bertz CT molecular complexity index is 1450. The summed E-state index contributed by atoms with van der Waals surface area (Å²) < 4.78 is 41.0. The van der Waals surface area contributed by atoms with E-state index in [4.69, 9.17) is 11.6 Å². The molecule has 2 N–H and O–H groups in total. The fourth-order valence-corrected chi connectivity index (χ4v) is 5.58. The molecule has 0 bridgehead atoms. The number of nitrogens with one attached hydrogen (secondary N) is 2. The number of amides is 1. The van der Waals surface area contributed by atoms with Crippen molar-refractivity contribution in [2.24, 2.45) is 0 Å². The van der Waals surface area contributed by atoms with E-state index >= 15 is 0 Å². The molecule has 2 fully saturated rings. The Kier molecular flexibility index (Phi) is 6.92. The third kappa shape index (κ3) is 4.82. The summed E-state index contributed by atoms with van der Waals surface area (Å²) in [6.07, 6.45) is -0.659. The average molecular weight is 600 g/mol. The van der Waals surface area contributed by atoms with Gasteiger partial charge >= 0.3 is 6.18 Å². The molecule has 1 amide bonds. The molecule has 0 radical (unpaired) electrons. The van der Waals surface area contributed by atoms with E-state index in [1.807, 2.05) is 6.92 Å². The van der Waals surface area contributed by atoms with Crippen LogP contribution in [0.5, 0.6) is 0 Å². The summed E-state index contributed by atoms with van der Waals surface area (Å²) in [7, 11) is 0. The number of rotatable bonds is 5. The van der Waals surface area contributed by atoms with Crippen LogP contribution in [0.15, 0.2) is 33.8 Å². The van der Waals surface area contributed by atoms with Crippen LogP contribution in [0.25, 0.3) is 11.2 Å². The van der Waals surface area contributed by atoms with Gasteiger partial charge in [-0.15, -0.1) is 0 Å². The fourth-order valence-electron chi connectivity index (χ4n) is 5.07. The van der Waals surface area contributed by atoms with E-state index in [0.29, 0.717) is 35.0 Å². The number of hydrogen-bond donors (Lipinski definition) is 2. The smallest absolute Gasteiger partial charge is 0.361 e. The van der Waals surface area contributed by atoms with E-state index in [1.54, 1.807) is 4.57 Å². The fraction of sp³-hybridized carbons (Fsp3) is 0.417. The molecule has 37 heavy (non-hydrogen) atoms. The average Bonchev–Trinajstić information content (AvgIpc) is 2.82. The first kappa shape index (κ1) is 25.9. The SMILES string of the molecule is CCc1c(N2CCN[C@H]3CC[C@@H]32)c(=O)c2nc(Br)cnc2n1CC(=O)Nc1ccc(C(F)(F)F)cc1Cl. The Balaban J connectivity index is 1.55. The minimum absolute atomic E-state index is 0.0523. The van der Waals surface area contributed by atoms with Gasteiger partial charge < -0.3 is 20.1 Å². The molecule has 3 heterocycles. The maximum Gasteiger partial charge on any atom is 0.416 e. The van der Waals surface area contributed by atoms with Gasteiger partial charge in [0.05, 0.1) is 22.5 Å². The Morgan fingerprint density at radius 3 is 2.76 bits per heavy atom. The lowest BCUT2D eigenvalue weighted by Gasteiger charge is -2.50. The van der Waals surface area contributed by atoms with Gasteiger partial charge in [0.15, 0.2) is 11.2 Å². The van der Waals surface area contributed by atoms with E-state index in [2.05, 4.69) is 41.4 Å². The maximum absolute atomic E-state index is 13.7. The summed E-state index contributed by atoms with van der Waals surface area (Å²) in [6.45, 7) is 3.04. The predicted octanol–water partition coefficient (Wildman–Crippen LogP) is 4.37. The van der Waals surface area contributed by atoms with E-state index in [-0.39, 0.29) is 39.9 Å². The number of nitrogens with zero attached hydrogens (tertiary/aromatic N) is 4. The number of carbonyl (C=O) groups is 1. The summed E-state index contributed by atoms with van der Waals surface area (Å²) in [5.41, 5.74) is 0.451. The van der Waals surface area contributed by atoms with Gasteiger partial charge in [0, 0.05) is 30.9 Å². The molecule has 0 unspecified atom stereocenters. The second-order valence-electron chi connectivity index (χ2n) is 9.07. The van der Waals surface area contributed by atoms with Crippen LogP contribution in [0.2, 0.25) is 5.02 Å². The van der Waals surface area contributed by atoms with Crippen molar-refractivity contribution in [2.45, 2.75) is 51.0 Å². The number of aromatic nitrogens is 3. The van der Waals surface area contributed by atoms with Crippen molar-refractivity contribution >= 4 is 56.0 Å². The van der Waals surface area contributed by atoms with Crippen molar-refractivity contribution in [1.29, 1.82) is 0 Å². The number of anilines is 2. The monoisotopic (exact) mass is 598 g/mol. The Hall–Kier alpha value is -2.70. The van der Waals surface area contributed by atoms with Crippen LogP contribution in [0, 0.1) is 0 Å². The topological polar surface area (TPSA) is 92.2 Å². The molecule has 1 saturated heterocycles. The molecule has 1 aliphatic heterocycles. The number of hydrogen-bond acceptors (Lipinski definition) is 6. The van der Waals surface area contributed by atoms with Crippen molar-refractivity contribution in [3.05, 3.63) is 55.5 Å². The van der Waals surface area contributed by atoms with E-state index in [0.717, 1.165) is 37.6 Å². The lowest BCUT2D eigenvalue weighted by Crippen LogP contribution is -2.64. The summed E-state index contributed by atoms with van der Waals surface area (Å²) in [4.78, 5) is 37.7. The third-order valence-corrected chi connectivity index (χ3v) is 7.60. The Morgan fingerprint density at radius 2 is 2.11 bits per heavy atom. The second kappa shape index (κ2) is 9.88. The number of benzene rings is 1. The van der Waals surface area contributed by atoms with E-state index in [1.165, 1.54) is 6.20 Å². The Labute approximate surface area is 223 Å². The zero-order valence-electron chi connectivity index (χ0n) is 19.7. The number of halogens is 5. The molecule has 0 spiro atoms. The third-order valence-electron chi connectivity index (χ3n) is 6.90. The van der Waals surface area contributed by atoms with E-state index in [9.17, 15) is 22.8 Å². The van der Waals surface area contributed by atoms with Crippen molar-refractivity contribution in [2.75, 3.05) is 23.3 Å². The predicted molar refractivity (Wildman–Crippen MR) is 138 cm³/mol. The molecular formula is C24H23BrClF3N6O2. The van der Waals surface area contributed by atoms with Crippen molar-refractivity contribution < 1.29 is 18.0 Å². The van der Waals surface area contributed by atoms with Gasteiger partial charge in [-0.3, -0.25) is 9.59 Å². The standard InChI is InChI=1S/C24H23BrClF3N6O2/c1-2-16-21(34-8-7-30-15-5-6-17(15)34)22(37)20-23(31-10-18(25)33-20)35(16)11-19(36)32-14-4-3-12(9-13(14)26)24(27,28)29/h3-4,9-10,15,17,30H,2,5-8,11H2,1H3,(H,32,36)/t15-,17-/m0/s1. The zero-order chi connectivity index (χ0) is 26.5. The lowest BCUT2D eigenvalue weighted by atomic mass is 9.83. The summed E-state index contributed by atoms with van der Waals surface area (Å²) in [6, 6.07) is 3.23. The van der Waals surface area contributed by atoms with Crippen LogP contribution in [-0.2, 0) is 23.9 Å². The van der Waals surface area contributed by atoms with Gasteiger partial charge in [-0.05, 0) is 53.4 Å². The van der Waals surface area contributed by atoms with Gasteiger partial charge in [0.25, 0.3) is 0 Å². The highest BCUT2D eigenvalue weighted by Crippen LogP contribution is 2.35. The Morgan fingerprint density at radius 1 is 1.32 bits per heavy atom. The number of piperazine rings is 1. The van der Waals surface area contributed by atoms with Crippen molar-refractivity contribution in [1.82, 2.24) is 19.9 Å². The maximum atomic E-state index is 13.7. The minimum atomic E-state index is -4.55. The molecule has 2 aliphatic rings. The normalized spacial score (nSPS) is 19.5. The summed E-state index contributed by atoms with van der Waals surface area (Å²) in [5, 5.41) is 5.84. The minimum Gasteiger partial charge on any atom is -0.361 e. The van der Waals surface area contributed by atoms with Crippen LogP contribution in [0.3, 0.4) is 0 Å². The van der Waals surface area contributed by atoms with Crippen molar-refractivity contribution in [3.8, 4) is 0 Å². The van der Waals surface area contributed by atoms with Gasteiger partial charge in [-0.1, -0.05) is 18.5 Å². The highest BCUT2D eigenvalue weighted by Gasteiger charge is 2.40. The van der Waals surface area contributed by atoms with E-state index < -0.39 is 17.6 Å². The van der Waals surface area contributed by atoms with Crippen molar-refractivity contribution in [3.63, 3.8) is 0 Å². The molecular weight excluding hydrogens is 577 g/mol. The largest absolute Gasteiger partial charge is 0.416 e. The molecule has 13 heteroatoms. The quantitative estimate of drug-likeness (QED) is 0.453. The zero-order valence-corrected chi connectivity index (χ0v) is 22.0. The van der Waals surface area contributed by atoms with Crippen LogP contribution in [0.4, 0.5) is 24.5 Å². The molecule has 3 aromatic rings.